The molecule has 0 aromatic rings. The number of carbonyl (C=O) groups excluding carboxylic acids is 2. The smallest absolute Gasteiger partial charge is 0.305 e. The van der Waals surface area contributed by atoms with Crippen molar-refractivity contribution in [1.29, 1.82) is 0 Å². The van der Waals surface area contributed by atoms with E-state index in [0.717, 1.165) is 77.0 Å². The van der Waals surface area contributed by atoms with Crippen molar-refractivity contribution >= 4 is 11.9 Å². The van der Waals surface area contributed by atoms with Gasteiger partial charge in [-0.25, -0.2) is 0 Å². The molecule has 0 radical (unpaired) electrons. The lowest BCUT2D eigenvalue weighted by Crippen LogP contribution is -2.45. The van der Waals surface area contributed by atoms with Crippen molar-refractivity contribution in [2.75, 3.05) is 13.2 Å². The van der Waals surface area contributed by atoms with Crippen molar-refractivity contribution in [2.24, 2.45) is 0 Å². The number of nitrogens with one attached hydrogen (secondary N) is 1. The number of aliphatic hydroxyl groups excluding tert-OH is 2. The Labute approximate surface area is 411 Å². The van der Waals surface area contributed by atoms with Gasteiger partial charge in [-0.05, 0) is 64.2 Å². The van der Waals surface area contributed by atoms with Gasteiger partial charge in [0, 0.05) is 12.8 Å². The van der Waals surface area contributed by atoms with E-state index in [1.54, 1.807) is 6.08 Å². The van der Waals surface area contributed by atoms with Crippen LogP contribution in [-0.2, 0) is 14.3 Å². The second-order valence-corrected chi connectivity index (χ2v) is 20.0. The molecule has 0 fully saturated rings. The fraction of sp³-hybridized carbons (Fsp3) is 0.867. The van der Waals surface area contributed by atoms with E-state index >= 15 is 0 Å². The second-order valence-electron chi connectivity index (χ2n) is 20.0. The van der Waals surface area contributed by atoms with E-state index in [-0.39, 0.29) is 18.5 Å². The highest BCUT2D eigenvalue weighted by Crippen LogP contribution is 2.17. The fourth-order valence-corrected chi connectivity index (χ4v) is 8.92. The summed E-state index contributed by atoms with van der Waals surface area (Å²) in [6.07, 6.45) is 68.8. The maximum absolute atomic E-state index is 12.5. The van der Waals surface area contributed by atoms with E-state index in [0.29, 0.717) is 19.4 Å². The van der Waals surface area contributed by atoms with Gasteiger partial charge in [0.1, 0.15) is 0 Å². The zero-order valence-corrected chi connectivity index (χ0v) is 44.2. The minimum Gasteiger partial charge on any atom is -0.466 e. The Balaban J connectivity index is 3.55. The van der Waals surface area contributed by atoms with E-state index in [2.05, 4.69) is 43.5 Å². The number of unbranched alkanes of at least 4 members (excludes halogenated alkanes) is 40. The summed E-state index contributed by atoms with van der Waals surface area (Å²) < 4.78 is 5.44. The summed E-state index contributed by atoms with van der Waals surface area (Å²) in [6.45, 7) is 4.86. The molecule has 6 nitrogen and oxygen atoms in total. The molecular formula is C60H113NO5. The van der Waals surface area contributed by atoms with Gasteiger partial charge in [-0.3, -0.25) is 9.59 Å². The maximum atomic E-state index is 12.5. The first-order valence-corrected chi connectivity index (χ1v) is 29.3. The number of esters is 1. The molecule has 0 bridgehead atoms. The molecule has 0 aromatic heterocycles. The summed E-state index contributed by atoms with van der Waals surface area (Å²) in [6, 6.07) is -0.645. The van der Waals surface area contributed by atoms with E-state index in [1.807, 2.05) is 6.08 Å². The van der Waals surface area contributed by atoms with Crippen molar-refractivity contribution < 1.29 is 24.5 Å². The standard InChI is InChI=1S/C60H113NO5/c1-3-5-7-9-11-13-15-17-18-19-20-21-22-23-24-26-29-32-36-40-44-48-52-58(63)57(56-62)61-59(64)53-49-45-41-37-33-30-27-25-28-31-35-39-43-47-51-55-66-60(65)54-50-46-42-38-34-16-14-12-10-8-6-4-2/h25,28,31,35,48,52,57-58,62-63H,3-24,26-27,29-30,32-34,36-47,49-51,53-56H2,1-2H3,(H,61,64)/b28-25-,35-31-,52-48+. The Hall–Kier alpha value is -1.92. The van der Waals surface area contributed by atoms with Crippen molar-refractivity contribution in [1.82, 2.24) is 5.32 Å². The lowest BCUT2D eigenvalue weighted by atomic mass is 10.0. The first-order chi connectivity index (χ1) is 32.5. The molecule has 0 rings (SSSR count). The first-order valence-electron chi connectivity index (χ1n) is 29.3. The lowest BCUT2D eigenvalue weighted by molar-refractivity contribution is -0.143. The molecule has 0 aromatic carbocycles. The molecule has 0 aliphatic carbocycles. The highest BCUT2D eigenvalue weighted by Gasteiger charge is 2.18. The SMILES string of the molecule is CCCCCCCCCCCCCCCCCCCCCC/C=C/C(O)C(CO)NC(=O)CCCCCCCC/C=C\C=C/CCCCCOC(=O)CCCCCCCCCCCCCC. The van der Waals surface area contributed by atoms with Gasteiger partial charge in [0.2, 0.25) is 5.91 Å². The third-order valence-electron chi connectivity index (χ3n) is 13.4. The zero-order valence-electron chi connectivity index (χ0n) is 44.2. The summed E-state index contributed by atoms with van der Waals surface area (Å²) in [7, 11) is 0. The topological polar surface area (TPSA) is 95.9 Å². The van der Waals surface area contributed by atoms with E-state index in [9.17, 15) is 19.8 Å². The molecule has 388 valence electrons. The Morgan fingerprint density at radius 3 is 1.12 bits per heavy atom. The van der Waals surface area contributed by atoms with Gasteiger partial charge < -0.3 is 20.3 Å². The number of aliphatic hydroxyl groups is 2. The Bertz CT molecular complexity index is 1070. The molecule has 1 amide bonds. The number of hydrogen-bond donors (Lipinski definition) is 3. The molecule has 2 unspecified atom stereocenters. The van der Waals surface area contributed by atoms with Crippen LogP contribution in [0, 0.1) is 0 Å². The normalized spacial score (nSPS) is 12.8. The highest BCUT2D eigenvalue weighted by atomic mass is 16.5. The predicted molar refractivity (Wildman–Crippen MR) is 287 cm³/mol. The molecule has 3 N–H and O–H groups in total. The van der Waals surface area contributed by atoms with Crippen molar-refractivity contribution in [3.63, 3.8) is 0 Å². The van der Waals surface area contributed by atoms with Crippen LogP contribution in [0.3, 0.4) is 0 Å². The van der Waals surface area contributed by atoms with E-state index < -0.39 is 12.1 Å². The van der Waals surface area contributed by atoms with E-state index in [1.165, 1.54) is 205 Å². The molecule has 0 saturated carbocycles. The molecule has 66 heavy (non-hydrogen) atoms. The second kappa shape index (κ2) is 55.7. The van der Waals surface area contributed by atoms with Crippen LogP contribution in [0.15, 0.2) is 36.5 Å². The van der Waals surface area contributed by atoms with Gasteiger partial charge >= 0.3 is 5.97 Å². The maximum Gasteiger partial charge on any atom is 0.305 e. The summed E-state index contributed by atoms with van der Waals surface area (Å²) >= 11 is 0. The van der Waals surface area contributed by atoms with Gasteiger partial charge in [0.25, 0.3) is 0 Å². The number of amides is 1. The first kappa shape index (κ1) is 64.1. The average molecular weight is 929 g/mol. The van der Waals surface area contributed by atoms with Crippen LogP contribution in [0.2, 0.25) is 0 Å². The monoisotopic (exact) mass is 928 g/mol. The Morgan fingerprint density at radius 1 is 0.424 bits per heavy atom. The molecule has 2 atom stereocenters. The number of ether oxygens (including phenoxy) is 1. The molecule has 0 aliphatic rings. The van der Waals surface area contributed by atoms with Crippen LogP contribution in [-0.4, -0.2) is 47.4 Å². The number of rotatable bonds is 54. The highest BCUT2D eigenvalue weighted by molar-refractivity contribution is 5.76. The number of allylic oxidation sites excluding steroid dienone is 5. The van der Waals surface area contributed by atoms with Gasteiger partial charge in [-0.1, -0.05) is 269 Å². The van der Waals surface area contributed by atoms with Gasteiger partial charge in [0.05, 0.1) is 25.4 Å². The van der Waals surface area contributed by atoms with Gasteiger partial charge in [-0.2, -0.15) is 0 Å². The van der Waals surface area contributed by atoms with Crippen LogP contribution in [0.25, 0.3) is 0 Å². The fourth-order valence-electron chi connectivity index (χ4n) is 8.92. The lowest BCUT2D eigenvalue weighted by Gasteiger charge is -2.20. The van der Waals surface area contributed by atoms with Crippen molar-refractivity contribution in [3.8, 4) is 0 Å². The molecule has 0 saturated heterocycles. The van der Waals surface area contributed by atoms with Crippen molar-refractivity contribution in [2.45, 2.75) is 321 Å². The Morgan fingerprint density at radius 2 is 0.742 bits per heavy atom. The summed E-state index contributed by atoms with van der Waals surface area (Å²) in [5, 5.41) is 23.2. The molecule has 0 aliphatic heterocycles. The van der Waals surface area contributed by atoms with Crippen LogP contribution in [0.1, 0.15) is 309 Å². The van der Waals surface area contributed by atoms with Gasteiger partial charge in [0.15, 0.2) is 0 Å². The van der Waals surface area contributed by atoms with Crippen molar-refractivity contribution in [3.05, 3.63) is 36.5 Å². The minimum atomic E-state index is -0.860. The van der Waals surface area contributed by atoms with Crippen LogP contribution in [0.5, 0.6) is 0 Å². The number of carbonyl (C=O) groups is 2. The average Bonchev–Trinajstić information content (AvgIpc) is 3.32. The molecule has 0 spiro atoms. The van der Waals surface area contributed by atoms with Crippen LogP contribution >= 0.6 is 0 Å². The quantitative estimate of drug-likeness (QED) is 0.0244. The summed E-state index contributed by atoms with van der Waals surface area (Å²) in [5.41, 5.74) is 0. The molecular weight excluding hydrogens is 815 g/mol. The predicted octanol–water partition coefficient (Wildman–Crippen LogP) is 18.0. The third-order valence-corrected chi connectivity index (χ3v) is 13.4. The van der Waals surface area contributed by atoms with E-state index in [4.69, 9.17) is 4.74 Å². The minimum absolute atomic E-state index is 0.0220. The molecule has 0 heterocycles. The zero-order chi connectivity index (χ0) is 47.9. The summed E-state index contributed by atoms with van der Waals surface area (Å²) in [5.74, 6) is -0.110. The van der Waals surface area contributed by atoms with Gasteiger partial charge in [-0.15, -0.1) is 0 Å². The van der Waals surface area contributed by atoms with Crippen LogP contribution in [0.4, 0.5) is 0 Å². The molecule has 6 heteroatoms. The largest absolute Gasteiger partial charge is 0.466 e. The van der Waals surface area contributed by atoms with Crippen LogP contribution < -0.4 is 5.32 Å². The number of hydrogen-bond acceptors (Lipinski definition) is 5. The Kier molecular flexibility index (Phi) is 54.1. The third kappa shape index (κ3) is 51.5. The summed E-state index contributed by atoms with van der Waals surface area (Å²) in [4.78, 5) is 24.5.